The van der Waals surface area contributed by atoms with Crippen molar-refractivity contribution in [2.45, 2.75) is 25.7 Å². The molecule has 0 N–H and O–H groups in total. The molecule has 0 radical (unpaired) electrons. The standard InChI is InChI=1S/C27H38N4O2/c1-28(2)25-9-6-8-23(22-25)27(32)31-19-17-30(18-20-31)24-10-12-26(13-11-24)33-21-7-16-29-14-4-3-5-15-29/h6,8-13,22H,3-5,7,14-21H2,1-2H3. The van der Waals surface area contributed by atoms with Gasteiger partial charge in [0.05, 0.1) is 6.61 Å². The molecule has 0 saturated carbocycles. The van der Waals surface area contributed by atoms with Crippen molar-refractivity contribution >= 4 is 17.3 Å². The smallest absolute Gasteiger partial charge is 0.254 e. The third-order valence-corrected chi connectivity index (χ3v) is 6.71. The van der Waals surface area contributed by atoms with Crippen LogP contribution in [0.2, 0.25) is 0 Å². The maximum Gasteiger partial charge on any atom is 0.254 e. The molecule has 0 aromatic heterocycles. The van der Waals surface area contributed by atoms with Gasteiger partial charge in [-0.05, 0) is 74.8 Å². The molecular weight excluding hydrogens is 412 g/mol. The Morgan fingerprint density at radius 1 is 0.909 bits per heavy atom. The topological polar surface area (TPSA) is 39.3 Å². The van der Waals surface area contributed by atoms with E-state index in [-0.39, 0.29) is 5.91 Å². The van der Waals surface area contributed by atoms with Crippen molar-refractivity contribution in [2.24, 2.45) is 0 Å². The van der Waals surface area contributed by atoms with Crippen LogP contribution >= 0.6 is 0 Å². The molecule has 178 valence electrons. The van der Waals surface area contributed by atoms with E-state index in [1.807, 2.05) is 48.2 Å². The summed E-state index contributed by atoms with van der Waals surface area (Å²) >= 11 is 0. The molecule has 0 aliphatic carbocycles. The molecule has 2 heterocycles. The van der Waals surface area contributed by atoms with E-state index in [1.165, 1.54) is 38.0 Å². The summed E-state index contributed by atoms with van der Waals surface area (Å²) in [6.45, 7) is 7.56. The molecule has 6 nitrogen and oxygen atoms in total. The Hall–Kier alpha value is -2.73. The lowest BCUT2D eigenvalue weighted by atomic mass is 10.1. The van der Waals surface area contributed by atoms with Crippen LogP contribution in [-0.2, 0) is 0 Å². The summed E-state index contributed by atoms with van der Waals surface area (Å²) in [6, 6.07) is 16.3. The van der Waals surface area contributed by atoms with Crippen LogP contribution in [0.15, 0.2) is 48.5 Å². The number of carbonyl (C=O) groups excluding carboxylic acids is 1. The van der Waals surface area contributed by atoms with Crippen LogP contribution in [0.3, 0.4) is 0 Å². The number of carbonyl (C=O) groups is 1. The Morgan fingerprint density at radius 3 is 2.33 bits per heavy atom. The Balaban J connectivity index is 1.21. The van der Waals surface area contributed by atoms with E-state index < -0.39 is 0 Å². The number of hydrogen-bond acceptors (Lipinski definition) is 5. The number of hydrogen-bond donors (Lipinski definition) is 0. The van der Waals surface area contributed by atoms with Gasteiger partial charge in [0.25, 0.3) is 5.91 Å². The van der Waals surface area contributed by atoms with Gasteiger partial charge in [-0.25, -0.2) is 0 Å². The lowest BCUT2D eigenvalue weighted by Crippen LogP contribution is -2.48. The number of rotatable bonds is 8. The fourth-order valence-corrected chi connectivity index (χ4v) is 4.68. The monoisotopic (exact) mass is 450 g/mol. The predicted molar refractivity (Wildman–Crippen MR) is 136 cm³/mol. The van der Waals surface area contributed by atoms with Crippen molar-refractivity contribution < 1.29 is 9.53 Å². The number of nitrogens with zero attached hydrogens (tertiary/aromatic N) is 4. The lowest BCUT2D eigenvalue weighted by molar-refractivity contribution is 0.0747. The number of ether oxygens (including phenoxy) is 1. The first-order valence-corrected chi connectivity index (χ1v) is 12.4. The minimum Gasteiger partial charge on any atom is -0.494 e. The van der Waals surface area contributed by atoms with Gasteiger partial charge >= 0.3 is 0 Å². The van der Waals surface area contributed by atoms with E-state index in [2.05, 4.69) is 34.1 Å². The van der Waals surface area contributed by atoms with Crippen molar-refractivity contribution in [3.8, 4) is 5.75 Å². The average molecular weight is 451 g/mol. The van der Waals surface area contributed by atoms with Crippen molar-refractivity contribution in [1.82, 2.24) is 9.80 Å². The summed E-state index contributed by atoms with van der Waals surface area (Å²) in [5.74, 6) is 1.05. The molecule has 2 aliphatic rings. The Labute approximate surface area is 198 Å². The highest BCUT2D eigenvalue weighted by Gasteiger charge is 2.22. The van der Waals surface area contributed by atoms with Gasteiger partial charge in [-0.1, -0.05) is 12.5 Å². The molecule has 2 aromatic carbocycles. The zero-order valence-electron chi connectivity index (χ0n) is 20.2. The van der Waals surface area contributed by atoms with Gasteiger partial charge in [0.15, 0.2) is 0 Å². The normalized spacial score (nSPS) is 17.2. The largest absolute Gasteiger partial charge is 0.494 e. The van der Waals surface area contributed by atoms with Gasteiger partial charge in [0.1, 0.15) is 5.75 Å². The molecule has 2 saturated heterocycles. The number of anilines is 2. The predicted octanol–water partition coefficient (Wildman–Crippen LogP) is 3.97. The fraction of sp³-hybridized carbons (Fsp3) is 0.519. The third kappa shape index (κ3) is 6.41. The molecular formula is C27H38N4O2. The van der Waals surface area contributed by atoms with Crippen LogP contribution in [0.5, 0.6) is 5.75 Å². The Bertz CT molecular complexity index is 885. The number of benzene rings is 2. The highest BCUT2D eigenvalue weighted by atomic mass is 16.5. The van der Waals surface area contributed by atoms with E-state index in [9.17, 15) is 4.79 Å². The molecule has 4 rings (SSSR count). The Kier molecular flexibility index (Phi) is 8.10. The molecule has 2 aliphatic heterocycles. The number of likely N-dealkylation sites (tertiary alicyclic amines) is 1. The molecule has 6 heteroatoms. The third-order valence-electron chi connectivity index (χ3n) is 6.71. The summed E-state index contributed by atoms with van der Waals surface area (Å²) in [5, 5.41) is 0. The second-order valence-corrected chi connectivity index (χ2v) is 9.32. The van der Waals surface area contributed by atoms with E-state index in [1.54, 1.807) is 0 Å². The van der Waals surface area contributed by atoms with E-state index >= 15 is 0 Å². The van der Waals surface area contributed by atoms with Crippen molar-refractivity contribution in [3.05, 3.63) is 54.1 Å². The van der Waals surface area contributed by atoms with Gasteiger partial charge in [-0.3, -0.25) is 4.79 Å². The summed E-state index contributed by atoms with van der Waals surface area (Å²) < 4.78 is 5.96. The molecule has 33 heavy (non-hydrogen) atoms. The minimum atomic E-state index is 0.117. The van der Waals surface area contributed by atoms with E-state index in [4.69, 9.17) is 4.74 Å². The number of piperidine rings is 1. The van der Waals surface area contributed by atoms with Crippen LogP contribution in [-0.4, -0.2) is 82.2 Å². The highest BCUT2D eigenvalue weighted by Crippen LogP contribution is 2.22. The fourth-order valence-electron chi connectivity index (χ4n) is 4.68. The molecule has 1 amide bonds. The second-order valence-electron chi connectivity index (χ2n) is 9.32. The van der Waals surface area contributed by atoms with Gasteiger partial charge in [-0.2, -0.15) is 0 Å². The van der Waals surface area contributed by atoms with Crippen molar-refractivity contribution in [1.29, 1.82) is 0 Å². The number of piperazine rings is 1. The van der Waals surface area contributed by atoms with Gasteiger partial charge in [0, 0.05) is 63.8 Å². The van der Waals surface area contributed by atoms with Crippen LogP contribution in [0.25, 0.3) is 0 Å². The van der Waals surface area contributed by atoms with E-state index in [0.29, 0.717) is 0 Å². The minimum absolute atomic E-state index is 0.117. The summed E-state index contributed by atoms with van der Waals surface area (Å²) in [6.07, 6.45) is 5.15. The SMILES string of the molecule is CN(C)c1cccc(C(=O)N2CCN(c3ccc(OCCCN4CCCCC4)cc3)CC2)c1. The second kappa shape index (κ2) is 11.4. The molecule has 0 bridgehead atoms. The van der Waals surface area contributed by atoms with Crippen molar-refractivity contribution in [3.63, 3.8) is 0 Å². The van der Waals surface area contributed by atoms with Gasteiger partial charge < -0.3 is 24.3 Å². The average Bonchev–Trinajstić information content (AvgIpc) is 2.87. The molecule has 0 atom stereocenters. The van der Waals surface area contributed by atoms with Crippen LogP contribution in [0.1, 0.15) is 36.0 Å². The lowest BCUT2D eigenvalue weighted by Gasteiger charge is -2.36. The van der Waals surface area contributed by atoms with Crippen molar-refractivity contribution in [2.75, 3.05) is 76.3 Å². The first-order valence-electron chi connectivity index (χ1n) is 12.4. The maximum atomic E-state index is 13.0. The van der Waals surface area contributed by atoms with E-state index in [0.717, 1.165) is 62.8 Å². The van der Waals surface area contributed by atoms with Crippen LogP contribution < -0.4 is 14.5 Å². The Morgan fingerprint density at radius 2 is 1.64 bits per heavy atom. The summed E-state index contributed by atoms with van der Waals surface area (Å²) in [4.78, 5) is 21.8. The van der Waals surface area contributed by atoms with Crippen LogP contribution in [0, 0.1) is 0 Å². The summed E-state index contributed by atoms with van der Waals surface area (Å²) in [5.41, 5.74) is 3.00. The maximum absolute atomic E-state index is 13.0. The highest BCUT2D eigenvalue weighted by molar-refractivity contribution is 5.95. The molecule has 0 unspecified atom stereocenters. The van der Waals surface area contributed by atoms with Crippen LogP contribution in [0.4, 0.5) is 11.4 Å². The first kappa shape index (κ1) is 23.4. The van der Waals surface area contributed by atoms with Gasteiger partial charge in [-0.15, -0.1) is 0 Å². The zero-order valence-corrected chi connectivity index (χ0v) is 20.2. The van der Waals surface area contributed by atoms with Gasteiger partial charge in [0.2, 0.25) is 0 Å². The number of amides is 1. The first-order chi connectivity index (χ1) is 16.1. The zero-order chi connectivity index (χ0) is 23.0. The summed E-state index contributed by atoms with van der Waals surface area (Å²) in [7, 11) is 3.99. The molecule has 2 fully saturated rings. The molecule has 0 spiro atoms. The quantitative estimate of drug-likeness (QED) is 0.569. The molecule has 2 aromatic rings.